The monoisotopic (exact) mass is 419 g/mol. The lowest BCUT2D eigenvalue weighted by Gasteiger charge is -2.07. The fourth-order valence-corrected chi connectivity index (χ4v) is 3.82. The van der Waals surface area contributed by atoms with Crippen molar-refractivity contribution in [1.29, 1.82) is 0 Å². The molecule has 0 spiro atoms. The topological polar surface area (TPSA) is 129 Å². The van der Waals surface area contributed by atoms with Crippen LogP contribution in [0.15, 0.2) is 45.8 Å². The molecular formula is C18H21N5O5S. The van der Waals surface area contributed by atoms with Crippen LogP contribution < -0.4 is 10.1 Å². The van der Waals surface area contributed by atoms with E-state index in [9.17, 15) is 13.2 Å². The van der Waals surface area contributed by atoms with Crippen molar-refractivity contribution in [2.24, 2.45) is 0 Å². The van der Waals surface area contributed by atoms with E-state index >= 15 is 0 Å². The Hall–Kier alpha value is -3.21. The maximum Gasteiger partial charge on any atom is 0.322 e. The van der Waals surface area contributed by atoms with Crippen LogP contribution in [0.4, 0.5) is 6.01 Å². The van der Waals surface area contributed by atoms with Gasteiger partial charge in [0.05, 0.1) is 17.8 Å². The number of benzene rings is 1. The van der Waals surface area contributed by atoms with Crippen LogP contribution in [0.2, 0.25) is 0 Å². The van der Waals surface area contributed by atoms with Crippen LogP contribution in [0.3, 0.4) is 0 Å². The maximum atomic E-state index is 12.4. The molecule has 1 aromatic carbocycles. The van der Waals surface area contributed by atoms with Crippen LogP contribution in [0.25, 0.3) is 11.6 Å². The molecule has 0 unspecified atom stereocenters. The van der Waals surface area contributed by atoms with E-state index < -0.39 is 15.7 Å². The zero-order valence-corrected chi connectivity index (χ0v) is 17.0. The summed E-state index contributed by atoms with van der Waals surface area (Å²) in [5.41, 5.74) is 0.620. The number of methoxy groups -OCH3 is 1. The summed E-state index contributed by atoms with van der Waals surface area (Å²) in [5.74, 6) is -0.147. The SMILES string of the molecule is COc1ccc(S(=O)(=O)CCC(=O)Nc2nnc(-c3ccnn3C(C)C)o2)cc1. The Bertz CT molecular complexity index is 1090. The summed E-state index contributed by atoms with van der Waals surface area (Å²) in [5, 5.41) is 14.3. The van der Waals surface area contributed by atoms with E-state index in [0.717, 1.165) is 0 Å². The molecule has 11 heteroatoms. The number of nitrogens with zero attached hydrogens (tertiary/aromatic N) is 4. The van der Waals surface area contributed by atoms with Gasteiger partial charge in [0.2, 0.25) is 5.91 Å². The highest BCUT2D eigenvalue weighted by Crippen LogP contribution is 2.22. The molecule has 0 radical (unpaired) electrons. The number of ether oxygens (including phenoxy) is 1. The van der Waals surface area contributed by atoms with Crippen molar-refractivity contribution < 1.29 is 22.4 Å². The number of carbonyl (C=O) groups excluding carboxylic acids is 1. The maximum absolute atomic E-state index is 12.4. The molecule has 0 fully saturated rings. The second-order valence-corrected chi connectivity index (χ2v) is 8.57. The van der Waals surface area contributed by atoms with Gasteiger partial charge in [-0.2, -0.15) is 5.10 Å². The van der Waals surface area contributed by atoms with E-state index in [0.29, 0.717) is 11.4 Å². The molecule has 3 aromatic rings. The highest BCUT2D eigenvalue weighted by molar-refractivity contribution is 7.91. The number of hydrogen-bond acceptors (Lipinski definition) is 8. The van der Waals surface area contributed by atoms with E-state index in [1.54, 1.807) is 29.1 Å². The van der Waals surface area contributed by atoms with E-state index in [1.807, 2.05) is 13.8 Å². The van der Waals surface area contributed by atoms with E-state index in [4.69, 9.17) is 9.15 Å². The zero-order valence-electron chi connectivity index (χ0n) is 16.2. The molecule has 0 aliphatic rings. The molecule has 29 heavy (non-hydrogen) atoms. The van der Waals surface area contributed by atoms with Gasteiger partial charge in [-0.25, -0.2) is 8.42 Å². The second-order valence-electron chi connectivity index (χ2n) is 6.46. The van der Waals surface area contributed by atoms with Crippen molar-refractivity contribution in [3.05, 3.63) is 36.5 Å². The largest absolute Gasteiger partial charge is 0.497 e. The van der Waals surface area contributed by atoms with Crippen LogP contribution >= 0.6 is 0 Å². The fraction of sp³-hybridized carbons (Fsp3) is 0.333. The molecular weight excluding hydrogens is 398 g/mol. The third-order valence-corrected chi connectivity index (χ3v) is 5.80. The van der Waals surface area contributed by atoms with Gasteiger partial charge < -0.3 is 9.15 Å². The lowest BCUT2D eigenvalue weighted by atomic mass is 10.3. The molecule has 1 N–H and O–H groups in total. The Morgan fingerprint density at radius 1 is 1.21 bits per heavy atom. The third-order valence-electron chi connectivity index (χ3n) is 4.07. The Morgan fingerprint density at radius 3 is 2.59 bits per heavy atom. The van der Waals surface area contributed by atoms with E-state index in [2.05, 4.69) is 20.6 Å². The first-order chi connectivity index (χ1) is 13.8. The number of sulfone groups is 1. The summed E-state index contributed by atoms with van der Waals surface area (Å²) < 4.78 is 36.9. The molecule has 1 amide bonds. The summed E-state index contributed by atoms with van der Waals surface area (Å²) in [6.07, 6.45) is 1.36. The predicted molar refractivity (Wildman–Crippen MR) is 104 cm³/mol. The van der Waals surface area contributed by atoms with Crippen LogP contribution in [-0.2, 0) is 14.6 Å². The van der Waals surface area contributed by atoms with Crippen molar-refractivity contribution in [3.8, 4) is 17.3 Å². The van der Waals surface area contributed by atoms with E-state index in [-0.39, 0.29) is 35.0 Å². The van der Waals surface area contributed by atoms with Crippen LogP contribution in [0, 0.1) is 0 Å². The lowest BCUT2D eigenvalue weighted by molar-refractivity contribution is -0.115. The molecule has 0 aliphatic heterocycles. The quantitative estimate of drug-likeness (QED) is 0.589. The normalized spacial score (nSPS) is 11.6. The summed E-state index contributed by atoms with van der Waals surface area (Å²) in [7, 11) is -2.12. The number of carbonyl (C=O) groups is 1. The molecule has 10 nitrogen and oxygen atoms in total. The van der Waals surface area contributed by atoms with Crippen LogP contribution in [-0.4, -0.2) is 47.2 Å². The molecule has 154 valence electrons. The highest BCUT2D eigenvalue weighted by atomic mass is 32.2. The van der Waals surface area contributed by atoms with Gasteiger partial charge >= 0.3 is 6.01 Å². The van der Waals surface area contributed by atoms with Gasteiger partial charge in [-0.1, -0.05) is 5.10 Å². The Kier molecular flexibility index (Phi) is 5.97. The number of nitrogens with one attached hydrogen (secondary N) is 1. The minimum Gasteiger partial charge on any atom is -0.497 e. The van der Waals surface area contributed by atoms with Gasteiger partial charge in [0.1, 0.15) is 11.4 Å². The first kappa shape index (κ1) is 20.5. The number of hydrogen-bond donors (Lipinski definition) is 1. The first-order valence-electron chi connectivity index (χ1n) is 8.84. The minimum absolute atomic E-state index is 0.0908. The van der Waals surface area contributed by atoms with Gasteiger partial charge in [-0.15, -0.1) is 5.10 Å². The summed E-state index contributed by atoms with van der Waals surface area (Å²) in [4.78, 5) is 12.2. The average Bonchev–Trinajstić information content (AvgIpc) is 3.36. The van der Waals surface area contributed by atoms with Gasteiger partial charge in [-0.05, 0) is 44.2 Å². The Balaban J connectivity index is 1.61. The molecule has 2 aromatic heterocycles. The van der Waals surface area contributed by atoms with Crippen molar-refractivity contribution in [1.82, 2.24) is 20.0 Å². The molecule has 0 atom stereocenters. The Morgan fingerprint density at radius 2 is 1.93 bits per heavy atom. The third kappa shape index (κ3) is 4.80. The summed E-state index contributed by atoms with van der Waals surface area (Å²) in [6.45, 7) is 3.91. The molecule has 2 heterocycles. The Labute approximate surface area is 167 Å². The number of aromatic nitrogens is 4. The van der Waals surface area contributed by atoms with Crippen LogP contribution in [0.1, 0.15) is 26.3 Å². The van der Waals surface area contributed by atoms with Crippen molar-refractivity contribution in [3.63, 3.8) is 0 Å². The fourth-order valence-electron chi connectivity index (χ4n) is 2.58. The van der Waals surface area contributed by atoms with Crippen molar-refractivity contribution in [2.45, 2.75) is 31.2 Å². The summed E-state index contributed by atoms with van der Waals surface area (Å²) in [6, 6.07) is 7.68. The zero-order chi connectivity index (χ0) is 21.0. The number of anilines is 1. The van der Waals surface area contributed by atoms with Gasteiger partial charge in [0.15, 0.2) is 9.84 Å². The van der Waals surface area contributed by atoms with Gasteiger partial charge in [0.25, 0.3) is 5.89 Å². The number of rotatable bonds is 8. The second kappa shape index (κ2) is 8.43. The average molecular weight is 419 g/mol. The molecule has 3 rings (SSSR count). The standard InChI is InChI=1S/C18H21N5O5S/c1-12(2)23-15(8-10-19-23)17-21-22-18(28-17)20-16(24)9-11-29(25,26)14-6-4-13(27-3)5-7-14/h4-8,10,12H,9,11H2,1-3H3,(H,20,22,24). The van der Waals surface area contributed by atoms with E-state index in [1.165, 1.54) is 19.2 Å². The van der Waals surface area contributed by atoms with Gasteiger partial charge in [-0.3, -0.25) is 14.8 Å². The van der Waals surface area contributed by atoms with Crippen LogP contribution in [0.5, 0.6) is 5.75 Å². The highest BCUT2D eigenvalue weighted by Gasteiger charge is 2.19. The van der Waals surface area contributed by atoms with Crippen molar-refractivity contribution >= 4 is 21.8 Å². The van der Waals surface area contributed by atoms with Gasteiger partial charge in [0, 0.05) is 18.7 Å². The molecule has 0 aliphatic carbocycles. The first-order valence-corrected chi connectivity index (χ1v) is 10.5. The predicted octanol–water partition coefficient (Wildman–Crippen LogP) is 2.33. The molecule has 0 saturated carbocycles. The van der Waals surface area contributed by atoms with Crippen molar-refractivity contribution in [2.75, 3.05) is 18.2 Å². The molecule has 0 bridgehead atoms. The molecule has 0 saturated heterocycles. The summed E-state index contributed by atoms with van der Waals surface area (Å²) >= 11 is 0. The lowest BCUT2D eigenvalue weighted by Crippen LogP contribution is -2.17. The minimum atomic E-state index is -3.61. The number of amides is 1. The smallest absolute Gasteiger partial charge is 0.322 e.